The molecule has 1 saturated carbocycles. The van der Waals surface area contributed by atoms with Crippen molar-refractivity contribution in [3.05, 3.63) is 47.0 Å². The van der Waals surface area contributed by atoms with Gasteiger partial charge in [0.2, 0.25) is 15.7 Å². The Hall–Kier alpha value is -2.87. The van der Waals surface area contributed by atoms with Gasteiger partial charge >= 0.3 is 0 Å². The second-order valence-corrected chi connectivity index (χ2v) is 11.4. The first-order valence-corrected chi connectivity index (χ1v) is 14.3. The molecule has 0 atom stereocenters. The zero-order valence-corrected chi connectivity index (χ0v) is 21.9. The van der Waals surface area contributed by atoms with Gasteiger partial charge < -0.3 is 9.73 Å². The molecule has 0 saturated heterocycles. The molecule has 1 fully saturated rings. The molecular weight excluding hydrogens is 462 g/mol. The second-order valence-electron chi connectivity index (χ2n) is 9.53. The molecule has 0 bridgehead atoms. The molecule has 4 rings (SSSR count). The van der Waals surface area contributed by atoms with Crippen molar-refractivity contribution in [1.29, 1.82) is 0 Å². The number of sulfonamides is 1. The molecule has 1 N–H and O–H groups in total. The summed E-state index contributed by atoms with van der Waals surface area (Å²) >= 11 is 0. The Bertz CT molecular complexity index is 1310. The lowest BCUT2D eigenvalue weighted by atomic mass is 10.0. The lowest BCUT2D eigenvalue weighted by molar-refractivity contribution is 0.0964. The van der Waals surface area contributed by atoms with Crippen LogP contribution in [0.15, 0.2) is 34.7 Å². The van der Waals surface area contributed by atoms with Crippen LogP contribution in [0.5, 0.6) is 0 Å². The van der Waals surface area contributed by atoms with Crippen LogP contribution in [0.2, 0.25) is 0 Å². The van der Waals surface area contributed by atoms with E-state index in [1.165, 1.54) is 10.6 Å². The predicted octanol–water partition coefficient (Wildman–Crippen LogP) is 5.78. The first-order valence-electron chi connectivity index (χ1n) is 12.5. The van der Waals surface area contributed by atoms with Crippen molar-refractivity contribution in [2.45, 2.75) is 64.7 Å². The van der Waals surface area contributed by atoms with Crippen LogP contribution in [0.25, 0.3) is 22.4 Å². The van der Waals surface area contributed by atoms with Gasteiger partial charge in [0.25, 0.3) is 5.91 Å². The summed E-state index contributed by atoms with van der Waals surface area (Å²) in [5.41, 5.74) is 3.46. The standard InChI is InChI=1S/C27H35N3O4S/c1-5-6-7-8-9-16-30(35(4,32)33)25-21(19-14-15-19)17-22-23(26(31)28-3)24(34-27(22)29-25)20-12-10-18(2)11-13-20/h10-13,17,19H,5-9,14-16H2,1-4H3,(H,28,31). The van der Waals surface area contributed by atoms with Crippen molar-refractivity contribution in [3.8, 4) is 11.3 Å². The van der Waals surface area contributed by atoms with Crippen LogP contribution in [0.4, 0.5) is 5.82 Å². The highest BCUT2D eigenvalue weighted by atomic mass is 32.2. The molecule has 188 valence electrons. The van der Waals surface area contributed by atoms with Crippen LogP contribution < -0.4 is 9.62 Å². The normalized spacial score (nSPS) is 13.8. The van der Waals surface area contributed by atoms with Gasteiger partial charge in [0.05, 0.1) is 17.2 Å². The van der Waals surface area contributed by atoms with Crippen LogP contribution in [-0.4, -0.2) is 39.2 Å². The third-order valence-corrected chi connectivity index (χ3v) is 7.73. The number of fused-ring (bicyclic) bond motifs is 1. The topological polar surface area (TPSA) is 92.5 Å². The first-order chi connectivity index (χ1) is 16.7. The van der Waals surface area contributed by atoms with Crippen molar-refractivity contribution in [3.63, 3.8) is 0 Å². The van der Waals surface area contributed by atoms with Crippen molar-refractivity contribution in [1.82, 2.24) is 10.3 Å². The molecule has 0 aliphatic heterocycles. The molecule has 8 heteroatoms. The van der Waals surface area contributed by atoms with Gasteiger partial charge in [-0.3, -0.25) is 9.10 Å². The van der Waals surface area contributed by atoms with Crippen LogP contribution in [-0.2, 0) is 10.0 Å². The summed E-state index contributed by atoms with van der Waals surface area (Å²) < 4.78 is 33.3. The highest BCUT2D eigenvalue weighted by Crippen LogP contribution is 2.46. The minimum absolute atomic E-state index is 0.238. The number of nitrogens with zero attached hydrogens (tertiary/aromatic N) is 2. The van der Waals surface area contributed by atoms with Crippen LogP contribution in [0, 0.1) is 6.92 Å². The summed E-state index contributed by atoms with van der Waals surface area (Å²) in [6.45, 7) is 4.54. The Morgan fingerprint density at radius 1 is 1.14 bits per heavy atom. The summed E-state index contributed by atoms with van der Waals surface area (Å²) in [5.74, 6) is 0.856. The molecule has 7 nitrogen and oxygen atoms in total. The van der Waals surface area contributed by atoms with Gasteiger partial charge in [0.1, 0.15) is 11.6 Å². The minimum atomic E-state index is -3.54. The molecule has 3 aromatic rings. The minimum Gasteiger partial charge on any atom is -0.437 e. The number of hydrogen-bond donors (Lipinski definition) is 1. The van der Waals surface area contributed by atoms with Gasteiger partial charge in [-0.25, -0.2) is 8.42 Å². The number of unbranched alkanes of at least 4 members (excludes halogenated alkanes) is 4. The molecule has 1 aliphatic carbocycles. The fraction of sp³-hybridized carbons (Fsp3) is 0.481. The summed E-state index contributed by atoms with van der Waals surface area (Å²) in [5, 5.41) is 3.33. The van der Waals surface area contributed by atoms with E-state index in [9.17, 15) is 13.2 Å². The number of anilines is 1. The number of benzene rings is 1. The van der Waals surface area contributed by atoms with E-state index in [1.807, 2.05) is 37.3 Å². The molecule has 2 aromatic heterocycles. The molecule has 0 unspecified atom stereocenters. The SMILES string of the molecule is CCCCCCCN(c1nc2oc(-c3ccc(C)cc3)c(C(=O)NC)c2cc1C1CC1)S(C)(=O)=O. The smallest absolute Gasteiger partial charge is 0.255 e. The van der Waals surface area contributed by atoms with E-state index in [2.05, 4.69) is 12.2 Å². The number of aromatic nitrogens is 1. The molecule has 35 heavy (non-hydrogen) atoms. The highest BCUT2D eigenvalue weighted by molar-refractivity contribution is 7.92. The maximum absolute atomic E-state index is 12.9. The number of nitrogens with one attached hydrogen (secondary N) is 1. The molecule has 1 aromatic carbocycles. The second kappa shape index (κ2) is 10.4. The largest absolute Gasteiger partial charge is 0.437 e. The van der Waals surface area contributed by atoms with Crippen LogP contribution >= 0.6 is 0 Å². The molecule has 1 amide bonds. The molecule has 0 spiro atoms. The van der Waals surface area contributed by atoms with E-state index >= 15 is 0 Å². The first kappa shape index (κ1) is 25.2. The van der Waals surface area contributed by atoms with E-state index < -0.39 is 10.0 Å². The quantitative estimate of drug-likeness (QED) is 0.339. The summed E-state index contributed by atoms with van der Waals surface area (Å²) in [7, 11) is -1.95. The number of carbonyl (C=O) groups excluding carboxylic acids is 1. The lowest BCUT2D eigenvalue weighted by Gasteiger charge is -2.24. The Balaban J connectivity index is 1.84. The number of amides is 1. The number of carbonyl (C=O) groups is 1. The van der Waals surface area contributed by atoms with Gasteiger partial charge in [-0.1, -0.05) is 62.4 Å². The van der Waals surface area contributed by atoms with E-state index in [0.29, 0.717) is 29.1 Å². The van der Waals surface area contributed by atoms with E-state index in [-0.39, 0.29) is 17.5 Å². The highest BCUT2D eigenvalue weighted by Gasteiger charge is 2.34. The maximum atomic E-state index is 12.9. The molecule has 2 heterocycles. The Morgan fingerprint density at radius 3 is 2.43 bits per heavy atom. The average molecular weight is 498 g/mol. The number of rotatable bonds is 11. The fourth-order valence-corrected chi connectivity index (χ4v) is 5.39. The van der Waals surface area contributed by atoms with Crippen molar-refractivity contribution in [2.24, 2.45) is 0 Å². The van der Waals surface area contributed by atoms with Crippen LogP contribution in [0.3, 0.4) is 0 Å². The van der Waals surface area contributed by atoms with E-state index in [4.69, 9.17) is 9.40 Å². The van der Waals surface area contributed by atoms with Crippen molar-refractivity contribution >= 4 is 32.8 Å². The van der Waals surface area contributed by atoms with Crippen molar-refractivity contribution < 1.29 is 17.6 Å². The zero-order valence-electron chi connectivity index (χ0n) is 21.1. The predicted molar refractivity (Wildman–Crippen MR) is 140 cm³/mol. The fourth-order valence-electron chi connectivity index (χ4n) is 4.47. The Morgan fingerprint density at radius 2 is 1.83 bits per heavy atom. The van der Waals surface area contributed by atoms with E-state index in [1.54, 1.807) is 7.05 Å². The Labute approximate surface area is 208 Å². The van der Waals surface area contributed by atoms with Gasteiger partial charge in [-0.2, -0.15) is 4.98 Å². The Kier molecular flexibility index (Phi) is 7.50. The average Bonchev–Trinajstić information content (AvgIpc) is 3.60. The number of pyridine rings is 1. The summed E-state index contributed by atoms with van der Waals surface area (Å²) in [6.07, 6.45) is 8.30. The van der Waals surface area contributed by atoms with Crippen LogP contribution in [0.1, 0.15) is 79.3 Å². The van der Waals surface area contributed by atoms with Gasteiger partial charge in [-0.15, -0.1) is 0 Å². The third-order valence-electron chi connectivity index (χ3n) is 6.58. The van der Waals surface area contributed by atoms with Gasteiger partial charge in [-0.05, 0) is 43.7 Å². The number of hydrogen-bond acceptors (Lipinski definition) is 5. The zero-order chi connectivity index (χ0) is 25.2. The number of furan rings is 1. The monoisotopic (exact) mass is 497 g/mol. The van der Waals surface area contributed by atoms with Gasteiger partial charge in [0.15, 0.2) is 0 Å². The summed E-state index contributed by atoms with van der Waals surface area (Å²) in [6, 6.07) is 9.70. The maximum Gasteiger partial charge on any atom is 0.255 e. The third kappa shape index (κ3) is 5.53. The van der Waals surface area contributed by atoms with E-state index in [0.717, 1.165) is 61.6 Å². The van der Waals surface area contributed by atoms with Crippen molar-refractivity contribution in [2.75, 3.05) is 24.2 Å². The van der Waals surface area contributed by atoms with Gasteiger partial charge in [0, 0.05) is 19.2 Å². The lowest BCUT2D eigenvalue weighted by Crippen LogP contribution is -2.32. The molecule has 1 aliphatic rings. The number of aryl methyl sites for hydroxylation is 1. The summed E-state index contributed by atoms with van der Waals surface area (Å²) in [4.78, 5) is 17.7. The molecular formula is C27H35N3O4S. The molecule has 0 radical (unpaired) electrons.